The van der Waals surface area contributed by atoms with Crippen LogP contribution in [0.25, 0.3) is 11.0 Å². The number of nitrogens with one attached hydrogen (secondary N) is 2. The first kappa shape index (κ1) is 19.2. The predicted molar refractivity (Wildman–Crippen MR) is 102 cm³/mol. The van der Waals surface area contributed by atoms with Gasteiger partial charge in [-0.3, -0.25) is 0 Å². The minimum absolute atomic E-state index is 0.00766. The number of alkyl halides is 3. The number of anilines is 3. The molecule has 29 heavy (non-hydrogen) atoms. The summed E-state index contributed by atoms with van der Waals surface area (Å²) >= 11 is 0. The van der Waals surface area contributed by atoms with Crippen LogP contribution < -0.4 is 10.6 Å². The number of hydrogen-bond acceptors (Lipinski definition) is 5. The summed E-state index contributed by atoms with van der Waals surface area (Å²) in [6, 6.07) is 3.47. The van der Waals surface area contributed by atoms with Gasteiger partial charge in [-0.15, -0.1) is 0 Å². The molecule has 6 nitrogen and oxygen atoms in total. The molecule has 1 aliphatic carbocycles. The number of pyridine rings is 1. The highest BCUT2D eigenvalue weighted by molar-refractivity contribution is 5.92. The molecular formula is C19H18F4N6. The van der Waals surface area contributed by atoms with Crippen LogP contribution >= 0.6 is 0 Å². The van der Waals surface area contributed by atoms with E-state index in [1.165, 1.54) is 0 Å². The fraction of sp³-hybridized carbons (Fsp3) is 0.316. The fourth-order valence-electron chi connectivity index (χ4n) is 2.99. The van der Waals surface area contributed by atoms with E-state index in [-0.39, 0.29) is 18.3 Å². The van der Waals surface area contributed by atoms with Crippen molar-refractivity contribution in [2.24, 2.45) is 0 Å². The standard InChI is InChI=1S/C19H18F4N6/c1-11(20)9-29-10-14(12-4-3-7-24-16(12)29)26-17-25-8-13(19(21,22)23)15(27-17)28-18(2)5-6-18/h3-4,7-8,10H,1,5-6,9H2,2H3,(H2,25,26,27,28). The molecule has 0 amide bonds. The summed E-state index contributed by atoms with van der Waals surface area (Å²) in [6.45, 7) is 5.01. The number of fused-ring (bicyclic) bond motifs is 1. The van der Waals surface area contributed by atoms with Crippen molar-refractivity contribution in [3.05, 3.63) is 48.7 Å². The van der Waals surface area contributed by atoms with Gasteiger partial charge >= 0.3 is 6.18 Å². The Morgan fingerprint density at radius 2 is 2.07 bits per heavy atom. The van der Waals surface area contributed by atoms with E-state index in [1.54, 1.807) is 29.1 Å². The monoisotopic (exact) mass is 406 g/mol. The molecular weight excluding hydrogens is 388 g/mol. The molecule has 0 atom stereocenters. The molecule has 0 aromatic carbocycles. The lowest BCUT2D eigenvalue weighted by Crippen LogP contribution is -2.21. The average molecular weight is 406 g/mol. The van der Waals surface area contributed by atoms with Crippen LogP contribution in [0.1, 0.15) is 25.3 Å². The Morgan fingerprint density at radius 3 is 2.72 bits per heavy atom. The van der Waals surface area contributed by atoms with Crippen LogP contribution in [0.5, 0.6) is 0 Å². The molecule has 152 valence electrons. The minimum atomic E-state index is -4.58. The Bertz CT molecular complexity index is 1080. The summed E-state index contributed by atoms with van der Waals surface area (Å²) < 4.78 is 54.9. The van der Waals surface area contributed by atoms with Gasteiger partial charge in [0.05, 0.1) is 12.2 Å². The second-order valence-corrected chi connectivity index (χ2v) is 7.33. The Labute approximate surface area is 163 Å². The fourth-order valence-corrected chi connectivity index (χ4v) is 2.99. The van der Waals surface area contributed by atoms with Crippen LogP contribution in [0.15, 0.2) is 43.1 Å². The number of nitrogens with zero attached hydrogens (tertiary/aromatic N) is 4. The molecule has 10 heteroatoms. The molecule has 1 fully saturated rings. The summed E-state index contributed by atoms with van der Waals surface area (Å²) in [6.07, 6.45) is 0.875. The number of halogens is 4. The molecule has 3 heterocycles. The summed E-state index contributed by atoms with van der Waals surface area (Å²) in [5, 5.41) is 6.45. The molecule has 0 aliphatic heterocycles. The van der Waals surface area contributed by atoms with Crippen molar-refractivity contribution in [1.29, 1.82) is 0 Å². The second kappa shape index (κ2) is 6.71. The van der Waals surface area contributed by atoms with Gasteiger partial charge in [0, 0.05) is 29.5 Å². The van der Waals surface area contributed by atoms with E-state index in [0.717, 1.165) is 19.0 Å². The van der Waals surface area contributed by atoms with Gasteiger partial charge in [-0.1, -0.05) is 6.58 Å². The van der Waals surface area contributed by atoms with E-state index in [4.69, 9.17) is 0 Å². The molecule has 4 rings (SSSR count). The first-order chi connectivity index (χ1) is 13.6. The number of allylic oxidation sites excluding steroid dienone is 1. The van der Waals surface area contributed by atoms with Gasteiger partial charge in [-0.25, -0.2) is 14.4 Å². The molecule has 0 unspecified atom stereocenters. The summed E-state index contributed by atoms with van der Waals surface area (Å²) in [5.41, 5.74) is -0.316. The van der Waals surface area contributed by atoms with Crippen molar-refractivity contribution >= 4 is 28.5 Å². The highest BCUT2D eigenvalue weighted by Crippen LogP contribution is 2.41. The second-order valence-electron chi connectivity index (χ2n) is 7.33. The number of rotatable bonds is 6. The summed E-state index contributed by atoms with van der Waals surface area (Å²) in [4.78, 5) is 12.1. The highest BCUT2D eigenvalue weighted by atomic mass is 19.4. The van der Waals surface area contributed by atoms with Crippen LogP contribution in [0.3, 0.4) is 0 Å². The first-order valence-corrected chi connectivity index (χ1v) is 8.91. The van der Waals surface area contributed by atoms with Crippen molar-refractivity contribution in [3.63, 3.8) is 0 Å². The van der Waals surface area contributed by atoms with Crippen molar-refractivity contribution in [3.8, 4) is 0 Å². The van der Waals surface area contributed by atoms with Crippen LogP contribution in [-0.2, 0) is 12.7 Å². The van der Waals surface area contributed by atoms with E-state index in [1.807, 2.05) is 6.92 Å². The molecule has 0 spiro atoms. The lowest BCUT2D eigenvalue weighted by molar-refractivity contribution is -0.137. The molecule has 3 aromatic rings. The molecule has 0 bridgehead atoms. The van der Waals surface area contributed by atoms with Gasteiger partial charge in [-0.05, 0) is 31.9 Å². The van der Waals surface area contributed by atoms with Gasteiger partial charge in [0.1, 0.15) is 22.9 Å². The normalized spacial score (nSPS) is 15.3. The maximum absolute atomic E-state index is 13.3. The molecule has 0 radical (unpaired) electrons. The predicted octanol–water partition coefficient (Wildman–Crippen LogP) is 5.04. The van der Waals surface area contributed by atoms with Crippen LogP contribution in [0, 0.1) is 0 Å². The van der Waals surface area contributed by atoms with Crippen LogP contribution in [-0.4, -0.2) is 25.1 Å². The van der Waals surface area contributed by atoms with E-state index in [2.05, 4.69) is 32.2 Å². The van der Waals surface area contributed by atoms with Gasteiger partial charge < -0.3 is 15.2 Å². The summed E-state index contributed by atoms with van der Waals surface area (Å²) in [7, 11) is 0. The van der Waals surface area contributed by atoms with E-state index >= 15 is 0 Å². The average Bonchev–Trinajstić information content (AvgIpc) is 3.26. The van der Waals surface area contributed by atoms with Crippen molar-refractivity contribution in [2.75, 3.05) is 10.6 Å². The molecule has 1 saturated carbocycles. The van der Waals surface area contributed by atoms with E-state index in [0.29, 0.717) is 16.7 Å². The highest BCUT2D eigenvalue weighted by Gasteiger charge is 2.42. The van der Waals surface area contributed by atoms with Crippen molar-refractivity contribution < 1.29 is 17.6 Å². The largest absolute Gasteiger partial charge is 0.421 e. The Balaban J connectivity index is 1.71. The summed E-state index contributed by atoms with van der Waals surface area (Å²) in [5.74, 6) is -0.824. The molecule has 2 N–H and O–H groups in total. The molecule has 0 saturated heterocycles. The van der Waals surface area contributed by atoms with Crippen LogP contribution in [0.2, 0.25) is 0 Å². The third kappa shape index (κ3) is 4.01. The Hall–Kier alpha value is -3.17. The Morgan fingerprint density at radius 1 is 1.31 bits per heavy atom. The third-order valence-electron chi connectivity index (χ3n) is 4.74. The van der Waals surface area contributed by atoms with Gasteiger partial charge in [0.25, 0.3) is 0 Å². The quantitative estimate of drug-likeness (QED) is 0.562. The zero-order chi connectivity index (χ0) is 20.8. The third-order valence-corrected chi connectivity index (χ3v) is 4.74. The minimum Gasteiger partial charge on any atom is -0.364 e. The smallest absolute Gasteiger partial charge is 0.364 e. The zero-order valence-corrected chi connectivity index (χ0v) is 15.5. The molecule has 3 aromatic heterocycles. The lowest BCUT2D eigenvalue weighted by atomic mass is 10.2. The van der Waals surface area contributed by atoms with Gasteiger partial charge in [-0.2, -0.15) is 18.2 Å². The number of aromatic nitrogens is 4. The number of hydrogen-bond donors (Lipinski definition) is 2. The van der Waals surface area contributed by atoms with Crippen molar-refractivity contribution in [1.82, 2.24) is 19.5 Å². The van der Waals surface area contributed by atoms with Gasteiger partial charge in [0.2, 0.25) is 5.95 Å². The maximum atomic E-state index is 13.3. The zero-order valence-electron chi connectivity index (χ0n) is 15.5. The topological polar surface area (TPSA) is 67.7 Å². The maximum Gasteiger partial charge on any atom is 0.421 e. The SMILES string of the molecule is C=C(F)Cn1cc(Nc2ncc(C(F)(F)F)c(NC3(C)CC3)n2)c2cccnc21. The lowest BCUT2D eigenvalue weighted by Gasteiger charge is -2.18. The van der Waals surface area contributed by atoms with E-state index in [9.17, 15) is 17.6 Å². The van der Waals surface area contributed by atoms with Gasteiger partial charge in [0.15, 0.2) is 0 Å². The first-order valence-electron chi connectivity index (χ1n) is 8.91. The Kier molecular flexibility index (Phi) is 4.44. The molecule has 1 aliphatic rings. The van der Waals surface area contributed by atoms with E-state index < -0.39 is 23.1 Å². The van der Waals surface area contributed by atoms with Crippen molar-refractivity contribution in [2.45, 2.75) is 38.0 Å². The van der Waals surface area contributed by atoms with Crippen LogP contribution in [0.4, 0.5) is 35.0 Å².